The highest BCUT2D eigenvalue weighted by atomic mass is 16.2. The summed E-state index contributed by atoms with van der Waals surface area (Å²) in [6, 6.07) is 0.00916. The molecule has 1 aliphatic heterocycles. The van der Waals surface area contributed by atoms with Crippen LogP contribution >= 0.6 is 0 Å². The molecule has 1 heterocycles. The Kier molecular flexibility index (Phi) is 5.23. The number of carbonyl (C=O) groups excluding carboxylic acids is 2. The van der Waals surface area contributed by atoms with Crippen molar-refractivity contribution in [2.24, 2.45) is 0 Å². The van der Waals surface area contributed by atoms with Gasteiger partial charge in [-0.25, -0.2) is 0 Å². The highest BCUT2D eigenvalue weighted by Gasteiger charge is 2.35. The van der Waals surface area contributed by atoms with Gasteiger partial charge >= 0.3 is 0 Å². The van der Waals surface area contributed by atoms with Gasteiger partial charge in [0.25, 0.3) is 0 Å². The third kappa shape index (κ3) is 3.71. The second-order valence-corrected chi connectivity index (χ2v) is 5.87. The van der Waals surface area contributed by atoms with Gasteiger partial charge in [-0.15, -0.1) is 0 Å². The highest BCUT2D eigenvalue weighted by molar-refractivity contribution is 5.95. The lowest BCUT2D eigenvalue weighted by molar-refractivity contribution is -0.147. The number of nitrogens with one attached hydrogen (secondary N) is 1. The number of amides is 2. The fourth-order valence-electron chi connectivity index (χ4n) is 3.27. The molecule has 1 atom stereocenters. The number of nitrogens with zero attached hydrogens (tertiary/aromatic N) is 1. The largest absolute Gasteiger partial charge is 0.343 e. The average molecular weight is 266 g/mol. The quantitative estimate of drug-likeness (QED) is 0.851. The van der Waals surface area contributed by atoms with Crippen molar-refractivity contribution >= 4 is 11.8 Å². The summed E-state index contributed by atoms with van der Waals surface area (Å²) < 4.78 is 0. The fourth-order valence-corrected chi connectivity index (χ4v) is 3.27. The Hall–Kier alpha value is -1.06. The van der Waals surface area contributed by atoms with Crippen molar-refractivity contribution < 1.29 is 9.59 Å². The minimum atomic E-state index is -0.281. The van der Waals surface area contributed by atoms with Gasteiger partial charge in [0.2, 0.25) is 11.8 Å². The molecule has 0 radical (unpaired) electrons. The second kappa shape index (κ2) is 6.92. The molecule has 0 aromatic carbocycles. The van der Waals surface area contributed by atoms with Crippen molar-refractivity contribution in [1.29, 1.82) is 0 Å². The van der Waals surface area contributed by atoms with E-state index >= 15 is 0 Å². The van der Waals surface area contributed by atoms with Crippen LogP contribution in [0, 0.1) is 0 Å². The van der Waals surface area contributed by atoms with Crippen LogP contribution in [0.4, 0.5) is 0 Å². The van der Waals surface area contributed by atoms with E-state index in [4.69, 9.17) is 0 Å². The maximum atomic E-state index is 12.5. The van der Waals surface area contributed by atoms with Gasteiger partial charge in [0.1, 0.15) is 6.04 Å². The molecule has 108 valence electrons. The SMILES string of the molecule is CCCC1NC(=O)CN(C2CCCCCCC2)C1=O. The molecule has 1 unspecified atom stereocenters. The van der Waals surface area contributed by atoms with Crippen LogP contribution in [0.1, 0.15) is 64.7 Å². The molecule has 2 aliphatic rings. The minimum absolute atomic E-state index is 0.0140. The third-order valence-electron chi connectivity index (χ3n) is 4.32. The summed E-state index contributed by atoms with van der Waals surface area (Å²) in [7, 11) is 0. The maximum Gasteiger partial charge on any atom is 0.245 e. The maximum absolute atomic E-state index is 12.5. The lowest BCUT2D eigenvalue weighted by atomic mass is 9.94. The van der Waals surface area contributed by atoms with Crippen LogP contribution in [0.2, 0.25) is 0 Å². The second-order valence-electron chi connectivity index (χ2n) is 5.87. The summed E-state index contributed by atoms with van der Waals surface area (Å²) in [6.45, 7) is 2.32. The number of carbonyl (C=O) groups is 2. The molecule has 1 aliphatic carbocycles. The molecule has 0 aromatic heterocycles. The first-order valence-corrected chi connectivity index (χ1v) is 7.82. The summed E-state index contributed by atoms with van der Waals surface area (Å²) in [5.41, 5.74) is 0. The summed E-state index contributed by atoms with van der Waals surface area (Å²) in [5.74, 6) is 0.159. The van der Waals surface area contributed by atoms with E-state index in [9.17, 15) is 9.59 Å². The number of hydrogen-bond donors (Lipinski definition) is 1. The van der Waals surface area contributed by atoms with Crippen LogP contribution in [0.25, 0.3) is 0 Å². The Balaban J connectivity index is 2.02. The molecule has 1 saturated heterocycles. The van der Waals surface area contributed by atoms with Crippen LogP contribution in [-0.4, -0.2) is 35.3 Å². The summed E-state index contributed by atoms with van der Waals surface area (Å²) in [6.07, 6.45) is 10.0. The molecular formula is C15H26N2O2. The monoisotopic (exact) mass is 266 g/mol. The molecule has 19 heavy (non-hydrogen) atoms. The Morgan fingerprint density at radius 2 is 1.74 bits per heavy atom. The zero-order chi connectivity index (χ0) is 13.7. The van der Waals surface area contributed by atoms with Crippen molar-refractivity contribution in [2.45, 2.75) is 76.8 Å². The van der Waals surface area contributed by atoms with Gasteiger partial charge in [0, 0.05) is 6.04 Å². The smallest absolute Gasteiger partial charge is 0.245 e. The summed E-state index contributed by atoms with van der Waals surface area (Å²) in [4.78, 5) is 26.1. The Morgan fingerprint density at radius 3 is 2.37 bits per heavy atom. The van der Waals surface area contributed by atoms with Gasteiger partial charge in [0.05, 0.1) is 6.54 Å². The minimum Gasteiger partial charge on any atom is -0.343 e. The van der Waals surface area contributed by atoms with Crippen LogP contribution in [0.3, 0.4) is 0 Å². The van der Waals surface area contributed by atoms with Crippen LogP contribution in [-0.2, 0) is 9.59 Å². The van der Waals surface area contributed by atoms with Crippen LogP contribution in [0.15, 0.2) is 0 Å². The van der Waals surface area contributed by atoms with Crippen LogP contribution < -0.4 is 5.32 Å². The molecule has 4 heteroatoms. The zero-order valence-corrected chi connectivity index (χ0v) is 12.0. The lowest BCUT2D eigenvalue weighted by Crippen LogP contribution is -2.60. The lowest BCUT2D eigenvalue weighted by Gasteiger charge is -2.38. The first-order chi connectivity index (χ1) is 9.22. The Labute approximate surface area is 115 Å². The molecule has 0 aromatic rings. The van der Waals surface area contributed by atoms with Gasteiger partial charge in [-0.3, -0.25) is 9.59 Å². The molecule has 2 fully saturated rings. The number of rotatable bonds is 3. The highest BCUT2D eigenvalue weighted by Crippen LogP contribution is 2.23. The number of piperazine rings is 1. The van der Waals surface area contributed by atoms with Crippen molar-refractivity contribution in [3.8, 4) is 0 Å². The van der Waals surface area contributed by atoms with Gasteiger partial charge < -0.3 is 10.2 Å². The predicted octanol–water partition coefficient (Wildman–Crippen LogP) is 2.23. The average Bonchev–Trinajstić information content (AvgIpc) is 2.34. The van der Waals surface area contributed by atoms with E-state index < -0.39 is 0 Å². The van der Waals surface area contributed by atoms with Crippen molar-refractivity contribution in [3.05, 3.63) is 0 Å². The van der Waals surface area contributed by atoms with E-state index in [2.05, 4.69) is 5.32 Å². The van der Waals surface area contributed by atoms with Crippen molar-refractivity contribution in [1.82, 2.24) is 10.2 Å². The zero-order valence-electron chi connectivity index (χ0n) is 12.0. The normalized spacial score (nSPS) is 26.8. The molecule has 2 amide bonds. The number of hydrogen-bond acceptors (Lipinski definition) is 2. The molecule has 2 rings (SSSR count). The first kappa shape index (κ1) is 14.4. The van der Waals surface area contributed by atoms with Gasteiger partial charge in [-0.05, 0) is 19.3 Å². The molecule has 0 spiro atoms. The van der Waals surface area contributed by atoms with E-state index in [-0.39, 0.29) is 24.4 Å². The molecular weight excluding hydrogens is 240 g/mol. The van der Waals surface area contributed by atoms with Crippen molar-refractivity contribution in [2.75, 3.05) is 6.54 Å². The molecule has 0 bridgehead atoms. The third-order valence-corrected chi connectivity index (χ3v) is 4.32. The molecule has 4 nitrogen and oxygen atoms in total. The van der Waals surface area contributed by atoms with E-state index in [1.165, 1.54) is 32.1 Å². The van der Waals surface area contributed by atoms with E-state index in [1.807, 2.05) is 11.8 Å². The van der Waals surface area contributed by atoms with Crippen LogP contribution in [0.5, 0.6) is 0 Å². The van der Waals surface area contributed by atoms with Crippen molar-refractivity contribution in [3.63, 3.8) is 0 Å². The van der Waals surface area contributed by atoms with E-state index in [0.717, 1.165) is 25.7 Å². The van der Waals surface area contributed by atoms with E-state index in [0.29, 0.717) is 6.04 Å². The summed E-state index contributed by atoms with van der Waals surface area (Å²) >= 11 is 0. The van der Waals surface area contributed by atoms with Gasteiger partial charge in [-0.1, -0.05) is 45.4 Å². The van der Waals surface area contributed by atoms with E-state index in [1.54, 1.807) is 0 Å². The van der Waals surface area contributed by atoms with Gasteiger partial charge in [-0.2, -0.15) is 0 Å². The Bertz CT molecular complexity index is 322. The molecule has 1 saturated carbocycles. The Morgan fingerprint density at radius 1 is 1.11 bits per heavy atom. The summed E-state index contributed by atoms with van der Waals surface area (Å²) in [5, 5.41) is 2.83. The molecule has 1 N–H and O–H groups in total. The fraction of sp³-hybridized carbons (Fsp3) is 0.867. The topological polar surface area (TPSA) is 49.4 Å². The predicted molar refractivity (Wildman–Crippen MR) is 74.7 cm³/mol. The standard InChI is InChI=1S/C15H26N2O2/c1-2-8-13-15(19)17(11-14(18)16-13)12-9-6-4-3-5-7-10-12/h12-13H,2-11H2,1H3,(H,16,18). The first-order valence-electron chi connectivity index (χ1n) is 7.82. The van der Waals surface area contributed by atoms with Gasteiger partial charge in [0.15, 0.2) is 0 Å².